The Kier molecular flexibility index (Phi) is 5.45. The number of nitrogens with zero attached hydrogens (tertiary/aromatic N) is 1. The van der Waals surface area contributed by atoms with Gasteiger partial charge in [0.05, 0.1) is 0 Å². The Morgan fingerprint density at radius 1 is 1.21 bits per heavy atom. The molecule has 5 nitrogen and oxygen atoms in total. The summed E-state index contributed by atoms with van der Waals surface area (Å²) in [6, 6.07) is 9.65. The number of rotatable bonds is 4. The van der Waals surface area contributed by atoms with Crippen LogP contribution < -0.4 is 0 Å². The van der Waals surface area contributed by atoms with Gasteiger partial charge in [0.15, 0.2) is 0 Å². The highest BCUT2D eigenvalue weighted by Crippen LogP contribution is 2.39. The van der Waals surface area contributed by atoms with Gasteiger partial charge in [0.2, 0.25) is 0 Å². The summed E-state index contributed by atoms with van der Waals surface area (Å²) in [5.74, 6) is -0.354. The molecule has 128 valence electrons. The van der Waals surface area contributed by atoms with E-state index < -0.39 is 5.97 Å². The topological polar surface area (TPSA) is 66.8 Å². The number of carbonyl (C=O) groups excluding carboxylic acids is 1. The predicted molar refractivity (Wildman–Crippen MR) is 92.6 cm³/mol. The standard InChI is InChI=1S/C18H21NO4S/c20-17(21)15-10-16(24-12-15)14-6-8-19(9-7-14)18(22)23-11-13-4-2-1-3-5-13/h1-5,12,14,16H,6-11H2,(H,20,21). The number of piperidine rings is 1. The lowest BCUT2D eigenvalue weighted by Gasteiger charge is -2.33. The van der Waals surface area contributed by atoms with Gasteiger partial charge in [-0.05, 0) is 36.2 Å². The zero-order chi connectivity index (χ0) is 16.9. The molecule has 2 aliphatic heterocycles. The van der Waals surface area contributed by atoms with Crippen LogP contribution in [0.1, 0.15) is 24.8 Å². The molecule has 2 aliphatic rings. The van der Waals surface area contributed by atoms with Crippen LogP contribution in [0, 0.1) is 5.92 Å². The molecule has 1 aromatic carbocycles. The van der Waals surface area contributed by atoms with E-state index in [1.54, 1.807) is 22.1 Å². The second-order valence-corrected chi connectivity index (χ2v) is 7.30. The molecular formula is C18H21NO4S. The van der Waals surface area contributed by atoms with Crippen LogP contribution in [0.5, 0.6) is 0 Å². The van der Waals surface area contributed by atoms with Crippen LogP contribution in [-0.2, 0) is 16.1 Å². The monoisotopic (exact) mass is 347 g/mol. The zero-order valence-electron chi connectivity index (χ0n) is 13.4. The molecule has 6 heteroatoms. The number of aliphatic carboxylic acids is 1. The van der Waals surface area contributed by atoms with E-state index >= 15 is 0 Å². The van der Waals surface area contributed by atoms with Crippen LogP contribution in [-0.4, -0.2) is 40.4 Å². The number of ether oxygens (including phenoxy) is 1. The maximum absolute atomic E-state index is 12.2. The number of benzene rings is 1. The largest absolute Gasteiger partial charge is 0.478 e. The van der Waals surface area contributed by atoms with Gasteiger partial charge >= 0.3 is 12.1 Å². The first-order chi connectivity index (χ1) is 11.6. The SMILES string of the molecule is O=C(O)C1=CSC(C2CCN(C(=O)OCc3ccccc3)CC2)C1. The molecule has 1 N–H and O–H groups in total. The first-order valence-corrected chi connectivity index (χ1v) is 9.11. The van der Waals surface area contributed by atoms with Crippen molar-refractivity contribution in [1.29, 1.82) is 0 Å². The predicted octanol–water partition coefficient (Wildman–Crippen LogP) is 3.51. The van der Waals surface area contributed by atoms with Crippen LogP contribution in [0.3, 0.4) is 0 Å². The van der Waals surface area contributed by atoms with Crippen molar-refractivity contribution >= 4 is 23.8 Å². The third kappa shape index (κ3) is 4.12. The molecule has 0 bridgehead atoms. The number of carboxylic acid groups (broad SMARTS) is 1. The fourth-order valence-corrected chi connectivity index (χ4v) is 4.47. The molecule has 0 saturated carbocycles. The molecule has 0 aliphatic carbocycles. The molecule has 1 saturated heterocycles. The molecule has 0 aromatic heterocycles. The molecule has 1 unspecified atom stereocenters. The van der Waals surface area contributed by atoms with Crippen LogP contribution >= 0.6 is 11.8 Å². The molecule has 24 heavy (non-hydrogen) atoms. The van der Waals surface area contributed by atoms with Crippen LogP contribution in [0.4, 0.5) is 4.79 Å². The lowest BCUT2D eigenvalue weighted by Crippen LogP contribution is -2.40. The quantitative estimate of drug-likeness (QED) is 0.903. The molecule has 1 amide bonds. The number of carbonyl (C=O) groups is 2. The maximum atomic E-state index is 12.2. The van der Waals surface area contributed by atoms with Gasteiger partial charge in [0.25, 0.3) is 0 Å². The second-order valence-electron chi connectivity index (χ2n) is 6.19. The van der Waals surface area contributed by atoms with E-state index in [2.05, 4.69) is 0 Å². The summed E-state index contributed by atoms with van der Waals surface area (Å²) < 4.78 is 5.37. The minimum atomic E-state index is -0.813. The van der Waals surface area contributed by atoms with Gasteiger partial charge in [0, 0.05) is 23.9 Å². The van der Waals surface area contributed by atoms with E-state index in [1.807, 2.05) is 30.3 Å². The van der Waals surface area contributed by atoms with Crippen molar-refractivity contribution in [3.05, 3.63) is 46.9 Å². The minimum absolute atomic E-state index is 0.263. The summed E-state index contributed by atoms with van der Waals surface area (Å²) >= 11 is 1.62. The summed E-state index contributed by atoms with van der Waals surface area (Å²) in [5, 5.41) is 11.1. The van der Waals surface area contributed by atoms with E-state index in [4.69, 9.17) is 9.84 Å². The van der Waals surface area contributed by atoms with Crippen molar-refractivity contribution in [1.82, 2.24) is 4.90 Å². The van der Waals surface area contributed by atoms with Crippen molar-refractivity contribution in [3.63, 3.8) is 0 Å². The third-order valence-corrected chi connectivity index (χ3v) is 5.93. The van der Waals surface area contributed by atoms with Crippen LogP contribution in [0.2, 0.25) is 0 Å². The van der Waals surface area contributed by atoms with E-state index in [9.17, 15) is 9.59 Å². The fraction of sp³-hybridized carbons (Fsp3) is 0.444. The van der Waals surface area contributed by atoms with Gasteiger partial charge in [0.1, 0.15) is 6.61 Å². The highest BCUT2D eigenvalue weighted by Gasteiger charge is 2.33. The highest BCUT2D eigenvalue weighted by atomic mass is 32.2. The number of likely N-dealkylation sites (tertiary alicyclic amines) is 1. The fourth-order valence-electron chi connectivity index (χ4n) is 3.16. The van der Waals surface area contributed by atoms with Crippen molar-refractivity contribution in [3.8, 4) is 0 Å². The Labute approximate surface area is 145 Å². The van der Waals surface area contributed by atoms with Gasteiger partial charge in [-0.2, -0.15) is 0 Å². The van der Waals surface area contributed by atoms with Crippen molar-refractivity contribution in [2.75, 3.05) is 13.1 Å². The van der Waals surface area contributed by atoms with Crippen molar-refractivity contribution < 1.29 is 19.4 Å². The Morgan fingerprint density at radius 2 is 1.92 bits per heavy atom. The Bertz CT molecular complexity index is 623. The summed E-state index contributed by atoms with van der Waals surface area (Å²) in [5.41, 5.74) is 1.49. The first-order valence-electron chi connectivity index (χ1n) is 8.17. The molecule has 1 aromatic rings. The molecule has 1 atom stereocenters. The normalized spacial score (nSPS) is 21.4. The first kappa shape index (κ1) is 16.9. The smallest absolute Gasteiger partial charge is 0.410 e. The number of carboxylic acids is 1. The van der Waals surface area contributed by atoms with E-state index in [0.29, 0.717) is 42.9 Å². The Morgan fingerprint density at radius 3 is 2.54 bits per heavy atom. The van der Waals surface area contributed by atoms with Crippen LogP contribution in [0.25, 0.3) is 0 Å². The molecule has 2 heterocycles. The third-order valence-electron chi connectivity index (χ3n) is 4.61. The van der Waals surface area contributed by atoms with Gasteiger partial charge in [-0.25, -0.2) is 9.59 Å². The van der Waals surface area contributed by atoms with Crippen molar-refractivity contribution in [2.24, 2.45) is 5.92 Å². The molecule has 3 rings (SSSR count). The lowest BCUT2D eigenvalue weighted by molar-refractivity contribution is -0.132. The van der Waals surface area contributed by atoms with Gasteiger partial charge in [-0.1, -0.05) is 30.3 Å². The molecule has 0 spiro atoms. The summed E-state index contributed by atoms with van der Waals surface area (Å²) in [4.78, 5) is 24.9. The van der Waals surface area contributed by atoms with E-state index in [-0.39, 0.29) is 6.09 Å². The van der Waals surface area contributed by atoms with E-state index in [0.717, 1.165) is 18.4 Å². The number of thioether (sulfide) groups is 1. The number of hydrogen-bond acceptors (Lipinski definition) is 4. The maximum Gasteiger partial charge on any atom is 0.410 e. The number of amides is 1. The summed E-state index contributed by atoms with van der Waals surface area (Å²) in [7, 11) is 0. The number of hydrogen-bond donors (Lipinski definition) is 1. The summed E-state index contributed by atoms with van der Waals surface area (Å²) in [6.07, 6.45) is 2.17. The lowest BCUT2D eigenvalue weighted by atomic mass is 9.90. The minimum Gasteiger partial charge on any atom is -0.478 e. The Hall–Kier alpha value is -1.95. The van der Waals surface area contributed by atoms with Crippen LogP contribution in [0.15, 0.2) is 41.3 Å². The average Bonchev–Trinajstić information content (AvgIpc) is 3.11. The van der Waals surface area contributed by atoms with Gasteiger partial charge in [-0.3, -0.25) is 0 Å². The summed E-state index contributed by atoms with van der Waals surface area (Å²) in [6.45, 7) is 1.65. The van der Waals surface area contributed by atoms with E-state index in [1.165, 1.54) is 0 Å². The average molecular weight is 347 g/mol. The molecule has 0 radical (unpaired) electrons. The molecule has 1 fully saturated rings. The van der Waals surface area contributed by atoms with Crippen molar-refractivity contribution in [2.45, 2.75) is 31.1 Å². The highest BCUT2D eigenvalue weighted by molar-refractivity contribution is 8.03. The van der Waals surface area contributed by atoms with Gasteiger partial charge < -0.3 is 14.7 Å². The second kappa shape index (κ2) is 7.75. The van der Waals surface area contributed by atoms with Gasteiger partial charge in [-0.15, -0.1) is 11.8 Å². The zero-order valence-corrected chi connectivity index (χ0v) is 14.2. The molecular weight excluding hydrogens is 326 g/mol. The Balaban J connectivity index is 1.42.